The van der Waals surface area contributed by atoms with Crippen LogP contribution in [0.3, 0.4) is 0 Å². The van der Waals surface area contributed by atoms with Crippen molar-refractivity contribution in [3.05, 3.63) is 0 Å². The molecule has 0 aliphatic carbocycles. The Hall–Kier alpha value is -0.570. The van der Waals surface area contributed by atoms with E-state index in [2.05, 4.69) is 11.8 Å². The maximum atomic E-state index is 11.2. The Kier molecular flexibility index (Phi) is 6.69. The highest BCUT2D eigenvalue weighted by Crippen LogP contribution is 2.29. The second-order valence-electron chi connectivity index (χ2n) is 6.01. The Morgan fingerprint density at radius 2 is 1.89 bits per heavy atom. The van der Waals surface area contributed by atoms with Gasteiger partial charge in [-0.05, 0) is 39.3 Å². The average molecular weight is 255 g/mol. The van der Waals surface area contributed by atoms with Gasteiger partial charge < -0.3 is 10.0 Å². The smallest absolute Gasteiger partial charge is 0.310 e. The molecule has 3 heteroatoms. The molecule has 0 spiro atoms. The molecule has 1 N–H and O–H groups in total. The van der Waals surface area contributed by atoms with Gasteiger partial charge in [0.1, 0.15) is 0 Å². The quantitative estimate of drug-likeness (QED) is 0.674. The lowest BCUT2D eigenvalue weighted by atomic mass is 9.82. The predicted octanol–water partition coefficient (Wildman–Crippen LogP) is 3.53. The third kappa shape index (κ3) is 4.97. The molecule has 0 amide bonds. The second-order valence-corrected chi connectivity index (χ2v) is 6.01. The first-order chi connectivity index (χ1) is 8.58. The van der Waals surface area contributed by atoms with E-state index in [0.29, 0.717) is 0 Å². The van der Waals surface area contributed by atoms with Crippen molar-refractivity contribution in [1.29, 1.82) is 0 Å². The first-order valence-corrected chi connectivity index (χ1v) is 7.54. The summed E-state index contributed by atoms with van der Waals surface area (Å²) in [4.78, 5) is 13.6. The molecule has 106 valence electrons. The van der Waals surface area contributed by atoms with Crippen LogP contribution >= 0.6 is 0 Å². The van der Waals surface area contributed by atoms with Crippen molar-refractivity contribution in [3.8, 4) is 0 Å². The van der Waals surface area contributed by atoms with E-state index in [1.54, 1.807) is 0 Å². The van der Waals surface area contributed by atoms with Crippen LogP contribution in [0.25, 0.3) is 0 Å². The molecule has 1 aliphatic rings. The van der Waals surface area contributed by atoms with Crippen LogP contribution in [-0.2, 0) is 4.79 Å². The van der Waals surface area contributed by atoms with Gasteiger partial charge >= 0.3 is 5.97 Å². The molecule has 0 bridgehead atoms. The molecule has 0 saturated carbocycles. The Bertz CT molecular complexity index is 255. The van der Waals surface area contributed by atoms with Crippen molar-refractivity contribution >= 4 is 5.97 Å². The van der Waals surface area contributed by atoms with Gasteiger partial charge in [-0.3, -0.25) is 4.79 Å². The van der Waals surface area contributed by atoms with Gasteiger partial charge in [0.25, 0.3) is 0 Å². The number of carboxylic acid groups (broad SMARTS) is 1. The SMILES string of the molecule is CCCCCCCCN1CCCC(C)(C(=O)O)C1. The molecule has 18 heavy (non-hydrogen) atoms. The minimum atomic E-state index is -0.629. The fourth-order valence-corrected chi connectivity index (χ4v) is 2.83. The van der Waals surface area contributed by atoms with E-state index in [0.717, 1.165) is 32.5 Å². The summed E-state index contributed by atoms with van der Waals surface area (Å²) in [6.07, 6.45) is 9.69. The summed E-state index contributed by atoms with van der Waals surface area (Å²) in [7, 11) is 0. The van der Waals surface area contributed by atoms with Crippen LogP contribution in [-0.4, -0.2) is 35.6 Å². The van der Waals surface area contributed by atoms with Crippen LogP contribution in [0.2, 0.25) is 0 Å². The Morgan fingerprint density at radius 3 is 2.56 bits per heavy atom. The van der Waals surface area contributed by atoms with Gasteiger partial charge in [-0.25, -0.2) is 0 Å². The van der Waals surface area contributed by atoms with E-state index in [1.807, 2.05) is 6.92 Å². The lowest BCUT2D eigenvalue weighted by molar-refractivity contribution is -0.151. The molecule has 1 unspecified atom stereocenters. The summed E-state index contributed by atoms with van der Waals surface area (Å²) in [6, 6.07) is 0. The first-order valence-electron chi connectivity index (χ1n) is 7.54. The van der Waals surface area contributed by atoms with E-state index in [1.165, 1.54) is 38.5 Å². The second kappa shape index (κ2) is 7.78. The molecule has 1 aliphatic heterocycles. The van der Waals surface area contributed by atoms with Crippen molar-refractivity contribution in [2.45, 2.75) is 65.2 Å². The normalized spacial score (nSPS) is 25.2. The maximum Gasteiger partial charge on any atom is 0.310 e. The molecule has 0 aromatic heterocycles. The van der Waals surface area contributed by atoms with Crippen LogP contribution in [0.1, 0.15) is 65.2 Å². The largest absolute Gasteiger partial charge is 0.481 e. The van der Waals surface area contributed by atoms with Crippen LogP contribution in [0.4, 0.5) is 0 Å². The average Bonchev–Trinajstić information content (AvgIpc) is 2.34. The van der Waals surface area contributed by atoms with E-state index in [4.69, 9.17) is 0 Å². The number of hydrogen-bond acceptors (Lipinski definition) is 2. The highest BCUT2D eigenvalue weighted by atomic mass is 16.4. The highest BCUT2D eigenvalue weighted by molar-refractivity contribution is 5.74. The standard InChI is InChI=1S/C15H29NO2/c1-3-4-5-6-7-8-11-16-12-9-10-15(2,13-16)14(17)18/h3-13H2,1-2H3,(H,17,18). The number of rotatable bonds is 8. The molecular weight excluding hydrogens is 226 g/mol. The first kappa shape index (κ1) is 15.5. The molecule has 1 rings (SSSR count). The lowest BCUT2D eigenvalue weighted by Gasteiger charge is -2.37. The molecule has 0 radical (unpaired) electrons. The van der Waals surface area contributed by atoms with Crippen molar-refractivity contribution in [3.63, 3.8) is 0 Å². The molecule has 0 aromatic rings. The number of hydrogen-bond donors (Lipinski definition) is 1. The molecule has 1 atom stereocenters. The van der Waals surface area contributed by atoms with Crippen molar-refractivity contribution in [2.24, 2.45) is 5.41 Å². The number of nitrogens with zero attached hydrogens (tertiary/aromatic N) is 1. The number of unbranched alkanes of at least 4 members (excludes halogenated alkanes) is 5. The third-order valence-corrected chi connectivity index (χ3v) is 4.12. The monoisotopic (exact) mass is 255 g/mol. The number of likely N-dealkylation sites (tertiary alicyclic amines) is 1. The van der Waals surface area contributed by atoms with Crippen LogP contribution in [0.15, 0.2) is 0 Å². The van der Waals surface area contributed by atoms with Crippen LogP contribution in [0.5, 0.6) is 0 Å². The minimum Gasteiger partial charge on any atom is -0.481 e. The fourth-order valence-electron chi connectivity index (χ4n) is 2.83. The van der Waals surface area contributed by atoms with Crippen molar-refractivity contribution < 1.29 is 9.90 Å². The zero-order valence-electron chi connectivity index (χ0n) is 12.1. The van der Waals surface area contributed by atoms with E-state index in [-0.39, 0.29) is 0 Å². The molecule has 1 saturated heterocycles. The van der Waals surface area contributed by atoms with Gasteiger partial charge in [-0.1, -0.05) is 39.0 Å². The lowest BCUT2D eigenvalue weighted by Crippen LogP contribution is -2.46. The van der Waals surface area contributed by atoms with Crippen molar-refractivity contribution in [1.82, 2.24) is 4.90 Å². The number of carbonyl (C=O) groups is 1. The van der Waals surface area contributed by atoms with E-state index < -0.39 is 11.4 Å². The zero-order chi connectivity index (χ0) is 13.4. The maximum absolute atomic E-state index is 11.2. The van der Waals surface area contributed by atoms with Gasteiger partial charge in [0.15, 0.2) is 0 Å². The number of piperidine rings is 1. The van der Waals surface area contributed by atoms with Gasteiger partial charge in [0.2, 0.25) is 0 Å². The van der Waals surface area contributed by atoms with Gasteiger partial charge in [-0.15, -0.1) is 0 Å². The van der Waals surface area contributed by atoms with Crippen LogP contribution < -0.4 is 0 Å². The minimum absolute atomic E-state index is 0.513. The predicted molar refractivity (Wildman–Crippen MR) is 74.8 cm³/mol. The molecule has 3 nitrogen and oxygen atoms in total. The fraction of sp³-hybridized carbons (Fsp3) is 0.933. The van der Waals surface area contributed by atoms with E-state index in [9.17, 15) is 9.90 Å². The summed E-state index contributed by atoms with van der Waals surface area (Å²) >= 11 is 0. The van der Waals surface area contributed by atoms with E-state index >= 15 is 0 Å². The molecule has 1 fully saturated rings. The summed E-state index contributed by atoms with van der Waals surface area (Å²) in [5.74, 6) is -0.629. The third-order valence-electron chi connectivity index (χ3n) is 4.12. The van der Waals surface area contributed by atoms with Crippen molar-refractivity contribution in [2.75, 3.05) is 19.6 Å². The molecule has 1 heterocycles. The van der Waals surface area contributed by atoms with Gasteiger partial charge in [-0.2, -0.15) is 0 Å². The summed E-state index contributed by atoms with van der Waals surface area (Å²) in [6.45, 7) is 7.02. The van der Waals surface area contributed by atoms with Gasteiger partial charge in [0, 0.05) is 6.54 Å². The van der Waals surface area contributed by atoms with Gasteiger partial charge in [0.05, 0.1) is 5.41 Å². The molecule has 0 aromatic carbocycles. The zero-order valence-corrected chi connectivity index (χ0v) is 12.1. The van der Waals surface area contributed by atoms with Crippen LogP contribution in [0, 0.1) is 5.41 Å². The summed E-state index contributed by atoms with van der Waals surface area (Å²) in [5.41, 5.74) is -0.513. The Balaban J connectivity index is 2.17. The Labute approximate surface area is 112 Å². The number of carboxylic acids is 1. The number of aliphatic carboxylic acids is 1. The Morgan fingerprint density at radius 1 is 1.22 bits per heavy atom. The molecular formula is C15H29NO2. The highest BCUT2D eigenvalue weighted by Gasteiger charge is 2.37. The topological polar surface area (TPSA) is 40.5 Å². The summed E-state index contributed by atoms with van der Waals surface area (Å²) < 4.78 is 0. The summed E-state index contributed by atoms with van der Waals surface area (Å²) in [5, 5.41) is 9.26.